The number of carbonyl (C=O) groups excluding carboxylic acids is 1. The van der Waals surface area contributed by atoms with E-state index in [1.807, 2.05) is 13.8 Å². The zero-order valence-corrected chi connectivity index (χ0v) is 25.4. The van der Waals surface area contributed by atoms with Crippen molar-refractivity contribution in [2.75, 3.05) is 48.6 Å². The third-order valence-electron chi connectivity index (χ3n) is 7.02. The minimum absolute atomic E-state index is 0.190. The highest BCUT2D eigenvalue weighted by molar-refractivity contribution is 7.07. The van der Waals surface area contributed by atoms with Crippen LogP contribution in [-0.4, -0.2) is 64.0 Å². The molecule has 0 saturated heterocycles. The van der Waals surface area contributed by atoms with Crippen LogP contribution in [0.15, 0.2) is 51.4 Å². The summed E-state index contributed by atoms with van der Waals surface area (Å²) in [6.07, 6.45) is 1.75. The maximum Gasteiger partial charge on any atom is 0.271 e. The average molecular weight is 582 g/mol. The lowest BCUT2D eigenvalue weighted by molar-refractivity contribution is -0.127. The van der Waals surface area contributed by atoms with E-state index in [0.717, 1.165) is 0 Å². The predicted octanol–water partition coefficient (Wildman–Crippen LogP) is 3.15. The van der Waals surface area contributed by atoms with Gasteiger partial charge in [-0.1, -0.05) is 11.3 Å². The van der Waals surface area contributed by atoms with Gasteiger partial charge >= 0.3 is 0 Å². The van der Waals surface area contributed by atoms with Crippen molar-refractivity contribution < 1.29 is 28.5 Å². The molecule has 0 bridgehead atoms. The molecular weight excluding hydrogens is 546 g/mol. The number of carbonyl (C=O) groups is 1. The Hall–Kier alpha value is -4.25. The molecule has 0 fully saturated rings. The zero-order valence-electron chi connectivity index (χ0n) is 24.6. The van der Waals surface area contributed by atoms with Crippen LogP contribution in [-0.2, 0) is 4.79 Å². The summed E-state index contributed by atoms with van der Waals surface area (Å²) in [7, 11) is 7.73. The van der Waals surface area contributed by atoms with Crippen molar-refractivity contribution in [2.24, 2.45) is 4.99 Å². The minimum atomic E-state index is -0.786. The maximum absolute atomic E-state index is 14.1. The third kappa shape index (κ3) is 5.41. The molecule has 0 aliphatic carbocycles. The van der Waals surface area contributed by atoms with Crippen LogP contribution in [0.3, 0.4) is 0 Å². The molecule has 1 aliphatic rings. The quantitative estimate of drug-likeness (QED) is 0.363. The Morgan fingerprint density at radius 2 is 1.59 bits per heavy atom. The molecule has 1 aromatic heterocycles. The number of fused-ring (bicyclic) bond motifs is 1. The van der Waals surface area contributed by atoms with E-state index in [1.54, 1.807) is 67.0 Å². The van der Waals surface area contributed by atoms with Gasteiger partial charge in [0, 0.05) is 18.7 Å². The van der Waals surface area contributed by atoms with Crippen LogP contribution in [0, 0.1) is 0 Å². The monoisotopic (exact) mass is 581 g/mol. The highest BCUT2D eigenvalue weighted by Gasteiger charge is 2.36. The molecule has 1 unspecified atom stereocenters. The molecule has 0 spiro atoms. The fourth-order valence-electron chi connectivity index (χ4n) is 4.96. The molecule has 3 aromatic rings. The number of hydrogen-bond acceptors (Lipinski definition) is 9. The van der Waals surface area contributed by atoms with E-state index in [2.05, 4.69) is 0 Å². The molecule has 2 aromatic carbocycles. The number of rotatable bonds is 10. The van der Waals surface area contributed by atoms with Gasteiger partial charge in [-0.25, -0.2) is 4.99 Å². The first-order valence-corrected chi connectivity index (χ1v) is 13.9. The maximum atomic E-state index is 14.1. The van der Waals surface area contributed by atoms with E-state index in [-0.39, 0.29) is 11.5 Å². The van der Waals surface area contributed by atoms with Gasteiger partial charge in [0.2, 0.25) is 5.75 Å². The van der Waals surface area contributed by atoms with E-state index >= 15 is 0 Å². The molecule has 41 heavy (non-hydrogen) atoms. The summed E-state index contributed by atoms with van der Waals surface area (Å²) >= 11 is 1.24. The first kappa shape index (κ1) is 29.7. The van der Waals surface area contributed by atoms with Gasteiger partial charge in [0.1, 0.15) is 17.5 Å². The number of thiazole rings is 1. The standard InChI is InChI=1S/C30H35N3O7S/c1-9-32(10-2)29(35)25-17(3)31-30-33(26(25)20-16-19(36-4)11-12-21(20)37-5)28(34)24(41-30)15-18-13-22(38-6)27(40-8)23(14-18)39-7/h11-16,26H,9-10H2,1-8H3. The number of aromatic nitrogens is 1. The minimum Gasteiger partial charge on any atom is -0.497 e. The van der Waals surface area contributed by atoms with E-state index in [1.165, 1.54) is 32.7 Å². The lowest BCUT2D eigenvalue weighted by Crippen LogP contribution is -2.43. The Morgan fingerprint density at radius 1 is 0.951 bits per heavy atom. The number of nitrogens with zero attached hydrogens (tertiary/aromatic N) is 3. The molecule has 0 N–H and O–H groups in total. The molecule has 10 nitrogen and oxygen atoms in total. The summed E-state index contributed by atoms with van der Waals surface area (Å²) in [6, 6.07) is 8.10. The van der Waals surface area contributed by atoms with Crippen molar-refractivity contribution in [3.8, 4) is 28.7 Å². The molecular formula is C30H35N3O7S. The van der Waals surface area contributed by atoms with Crippen molar-refractivity contribution in [1.82, 2.24) is 9.47 Å². The second-order valence-electron chi connectivity index (χ2n) is 9.13. The Labute approximate surface area is 242 Å². The van der Waals surface area contributed by atoms with Gasteiger partial charge in [-0.15, -0.1) is 0 Å². The van der Waals surface area contributed by atoms with Crippen LogP contribution < -0.4 is 38.6 Å². The van der Waals surface area contributed by atoms with Crippen LogP contribution in [0.4, 0.5) is 0 Å². The van der Waals surface area contributed by atoms with E-state index < -0.39 is 6.04 Å². The molecule has 1 amide bonds. The van der Waals surface area contributed by atoms with Crippen molar-refractivity contribution in [1.29, 1.82) is 0 Å². The molecule has 218 valence electrons. The van der Waals surface area contributed by atoms with Crippen molar-refractivity contribution in [2.45, 2.75) is 26.8 Å². The fourth-order valence-corrected chi connectivity index (χ4v) is 6.01. The number of likely N-dealkylation sites (N-methyl/N-ethyl adjacent to an activating group) is 1. The molecule has 2 heterocycles. The summed E-state index contributed by atoms with van der Waals surface area (Å²) in [5.41, 5.74) is 1.95. The van der Waals surface area contributed by atoms with Crippen molar-refractivity contribution in [3.05, 3.63) is 72.4 Å². The van der Waals surface area contributed by atoms with Crippen LogP contribution in [0.1, 0.15) is 37.9 Å². The molecule has 0 radical (unpaired) electrons. The predicted molar refractivity (Wildman–Crippen MR) is 157 cm³/mol. The lowest BCUT2D eigenvalue weighted by atomic mass is 9.93. The summed E-state index contributed by atoms with van der Waals surface area (Å²) in [5, 5.41) is 0. The van der Waals surface area contributed by atoms with Gasteiger partial charge in [-0.2, -0.15) is 0 Å². The third-order valence-corrected chi connectivity index (χ3v) is 8.00. The van der Waals surface area contributed by atoms with E-state index in [0.29, 0.717) is 73.6 Å². The Kier molecular flexibility index (Phi) is 9.07. The van der Waals surface area contributed by atoms with Crippen LogP contribution in [0.2, 0.25) is 0 Å². The Balaban J connectivity index is 2.02. The summed E-state index contributed by atoms with van der Waals surface area (Å²) in [4.78, 5) is 35.0. The van der Waals surface area contributed by atoms with Gasteiger partial charge in [0.15, 0.2) is 16.3 Å². The highest BCUT2D eigenvalue weighted by Crippen LogP contribution is 2.39. The van der Waals surface area contributed by atoms with Gasteiger partial charge in [-0.3, -0.25) is 14.2 Å². The second-order valence-corrected chi connectivity index (χ2v) is 10.1. The average Bonchev–Trinajstić information content (AvgIpc) is 3.29. The number of benzene rings is 2. The Bertz CT molecular complexity index is 1640. The Morgan fingerprint density at radius 3 is 2.12 bits per heavy atom. The molecule has 1 atom stereocenters. The second kappa shape index (κ2) is 12.5. The van der Waals surface area contributed by atoms with E-state index in [4.69, 9.17) is 28.7 Å². The lowest BCUT2D eigenvalue weighted by Gasteiger charge is -2.30. The van der Waals surface area contributed by atoms with Crippen molar-refractivity contribution in [3.63, 3.8) is 0 Å². The number of hydrogen-bond donors (Lipinski definition) is 0. The normalized spacial score (nSPS) is 14.7. The SMILES string of the molecule is CCN(CC)C(=O)C1=C(C)N=c2sc(=Cc3cc(OC)c(OC)c(OC)c3)c(=O)n2C1c1cc(OC)ccc1OC. The first-order chi connectivity index (χ1) is 19.8. The fraction of sp³-hybridized carbons (Fsp3) is 0.367. The topological polar surface area (TPSA) is 101 Å². The number of ether oxygens (including phenoxy) is 5. The van der Waals surface area contributed by atoms with Gasteiger partial charge < -0.3 is 28.6 Å². The van der Waals surface area contributed by atoms with Gasteiger partial charge in [-0.05, 0) is 62.7 Å². The van der Waals surface area contributed by atoms with Crippen LogP contribution in [0.5, 0.6) is 28.7 Å². The zero-order chi connectivity index (χ0) is 29.8. The first-order valence-electron chi connectivity index (χ1n) is 13.1. The molecule has 0 saturated carbocycles. The molecule has 11 heteroatoms. The number of allylic oxidation sites excluding steroid dienone is 1. The smallest absolute Gasteiger partial charge is 0.271 e. The summed E-state index contributed by atoms with van der Waals surface area (Å²) in [5.74, 6) is 2.29. The van der Waals surface area contributed by atoms with Crippen molar-refractivity contribution >= 4 is 23.3 Å². The van der Waals surface area contributed by atoms with Crippen LogP contribution >= 0.6 is 11.3 Å². The largest absolute Gasteiger partial charge is 0.497 e. The van der Waals surface area contributed by atoms with E-state index in [9.17, 15) is 9.59 Å². The van der Waals surface area contributed by atoms with Gasteiger partial charge in [0.25, 0.3) is 11.5 Å². The van der Waals surface area contributed by atoms with Gasteiger partial charge in [0.05, 0.1) is 51.4 Å². The summed E-state index contributed by atoms with van der Waals surface area (Å²) < 4.78 is 29.6. The molecule has 1 aliphatic heterocycles. The van der Waals surface area contributed by atoms with Crippen LogP contribution in [0.25, 0.3) is 6.08 Å². The number of amides is 1. The highest BCUT2D eigenvalue weighted by atomic mass is 32.1. The summed E-state index contributed by atoms with van der Waals surface area (Å²) in [6.45, 7) is 6.67. The number of methoxy groups -OCH3 is 5. The molecule has 4 rings (SSSR count).